The predicted octanol–water partition coefficient (Wildman–Crippen LogP) is 3.21. The van der Waals surface area contributed by atoms with Gasteiger partial charge in [-0.05, 0) is 30.8 Å². The van der Waals surface area contributed by atoms with E-state index in [1.54, 1.807) is 24.3 Å². The summed E-state index contributed by atoms with van der Waals surface area (Å²) in [5, 5.41) is 0.129. The van der Waals surface area contributed by atoms with E-state index < -0.39 is 9.84 Å². The Morgan fingerprint density at radius 1 is 1.30 bits per heavy atom. The van der Waals surface area contributed by atoms with Gasteiger partial charge in [0.05, 0.1) is 4.90 Å². The van der Waals surface area contributed by atoms with Crippen LogP contribution in [0, 0.1) is 6.92 Å². The number of thioether (sulfide) groups is 1. The molecule has 0 N–H and O–H groups in total. The molecule has 20 heavy (non-hydrogen) atoms. The second kappa shape index (κ2) is 5.88. The van der Waals surface area contributed by atoms with Gasteiger partial charge in [-0.2, -0.15) is 0 Å². The summed E-state index contributed by atoms with van der Waals surface area (Å²) in [4.78, 5) is 15.2. The molecule has 0 aliphatic rings. The van der Waals surface area contributed by atoms with Gasteiger partial charge in [-0.3, -0.25) is 4.79 Å². The number of aromatic nitrogens is 1. The molecule has 0 amide bonds. The molecule has 0 unspecified atom stereocenters. The fourth-order valence-electron chi connectivity index (χ4n) is 1.41. The first-order chi connectivity index (χ1) is 9.30. The predicted molar refractivity (Wildman–Crippen MR) is 82.5 cm³/mol. The van der Waals surface area contributed by atoms with E-state index in [1.807, 2.05) is 6.92 Å². The van der Waals surface area contributed by atoms with Crippen LogP contribution in [0.15, 0.2) is 42.7 Å². The average Bonchev–Trinajstić information content (AvgIpc) is 2.71. The third-order valence-electron chi connectivity index (χ3n) is 2.36. The van der Waals surface area contributed by atoms with Gasteiger partial charge in [0, 0.05) is 6.92 Å². The van der Waals surface area contributed by atoms with Crippen LogP contribution in [0.1, 0.15) is 12.5 Å². The largest absolute Gasteiger partial charge is 0.287 e. The van der Waals surface area contributed by atoms with Gasteiger partial charge in [-0.1, -0.05) is 29.0 Å². The van der Waals surface area contributed by atoms with Crippen LogP contribution in [0.5, 0.6) is 0 Å². The molecule has 0 saturated heterocycles. The number of carbonyl (C=O) groups is 1. The maximum atomic E-state index is 12.4. The fourth-order valence-corrected chi connectivity index (χ4v) is 5.55. The minimum absolute atomic E-state index is 0.0462. The van der Waals surface area contributed by atoms with Crippen LogP contribution >= 0.6 is 35.7 Å². The molecule has 0 saturated carbocycles. The Kier molecular flexibility index (Phi) is 4.58. The van der Waals surface area contributed by atoms with E-state index in [2.05, 4.69) is 17.6 Å². The van der Waals surface area contributed by atoms with Crippen LogP contribution in [0.4, 0.5) is 0 Å². The van der Waals surface area contributed by atoms with Crippen LogP contribution in [-0.4, -0.2) is 18.5 Å². The lowest BCUT2D eigenvalue weighted by Crippen LogP contribution is -2.01. The van der Waals surface area contributed by atoms with Gasteiger partial charge < -0.3 is 0 Å². The smallest absolute Gasteiger partial charge is 0.233 e. The van der Waals surface area contributed by atoms with E-state index in [9.17, 15) is 13.2 Å². The lowest BCUT2D eigenvalue weighted by atomic mass is 10.2. The number of thiol groups is 1. The topological polar surface area (TPSA) is 64.1 Å². The van der Waals surface area contributed by atoms with Crippen molar-refractivity contribution in [2.75, 3.05) is 0 Å². The minimum atomic E-state index is -3.66. The summed E-state index contributed by atoms with van der Waals surface area (Å²) in [7, 11) is -3.66. The number of benzene rings is 1. The van der Waals surface area contributed by atoms with Crippen LogP contribution < -0.4 is 0 Å². The molecule has 0 aliphatic heterocycles. The zero-order valence-electron chi connectivity index (χ0n) is 10.7. The van der Waals surface area contributed by atoms with E-state index in [4.69, 9.17) is 0 Å². The first-order valence-electron chi connectivity index (χ1n) is 5.50. The number of nitrogens with zero attached hydrogens (tertiary/aromatic N) is 1. The lowest BCUT2D eigenvalue weighted by molar-refractivity contribution is -0.109. The Labute approximate surface area is 131 Å². The molecule has 106 valence electrons. The summed E-state index contributed by atoms with van der Waals surface area (Å²) < 4.78 is 25.3. The van der Waals surface area contributed by atoms with Crippen molar-refractivity contribution in [3.63, 3.8) is 0 Å². The highest BCUT2D eigenvalue weighted by Crippen LogP contribution is 2.36. The first kappa shape index (κ1) is 15.6. The monoisotopic (exact) mass is 345 g/mol. The van der Waals surface area contributed by atoms with E-state index in [0.29, 0.717) is 4.21 Å². The number of carbonyl (C=O) groups excluding carboxylic acids is 1. The summed E-state index contributed by atoms with van der Waals surface area (Å²) in [5.74, 6) is 0. The molecule has 0 fully saturated rings. The SMILES string of the molecule is CC(=O)Sc1sc(S(=O)(=O)c2ccc(C)cc2)nc1S. The zero-order chi connectivity index (χ0) is 14.9. The molecule has 0 radical (unpaired) electrons. The molecule has 0 spiro atoms. The summed E-state index contributed by atoms with van der Waals surface area (Å²) in [5.41, 5.74) is 0.978. The number of hydrogen-bond donors (Lipinski definition) is 1. The van der Waals surface area contributed by atoms with Crippen LogP contribution in [0.25, 0.3) is 0 Å². The van der Waals surface area contributed by atoms with Crippen molar-refractivity contribution in [2.24, 2.45) is 0 Å². The van der Waals surface area contributed by atoms with Crippen LogP contribution in [0.3, 0.4) is 0 Å². The summed E-state index contributed by atoms with van der Waals surface area (Å²) in [6.07, 6.45) is 0. The number of thiazole rings is 1. The first-order valence-corrected chi connectivity index (χ1v) is 9.07. The zero-order valence-corrected chi connectivity index (χ0v) is 14.0. The van der Waals surface area contributed by atoms with Crippen molar-refractivity contribution in [1.29, 1.82) is 0 Å². The molecule has 1 aromatic carbocycles. The molecule has 0 aliphatic carbocycles. The van der Waals surface area contributed by atoms with Crippen molar-refractivity contribution in [2.45, 2.75) is 32.3 Å². The molecule has 1 aromatic heterocycles. The quantitative estimate of drug-likeness (QED) is 0.683. The summed E-state index contributed by atoms with van der Waals surface area (Å²) >= 11 is 6.01. The third kappa shape index (κ3) is 3.25. The Morgan fingerprint density at radius 2 is 1.90 bits per heavy atom. The molecule has 4 nitrogen and oxygen atoms in total. The van der Waals surface area contributed by atoms with E-state index in [-0.39, 0.29) is 19.4 Å². The molecule has 2 aromatic rings. The average molecular weight is 345 g/mol. The molecule has 0 atom stereocenters. The maximum Gasteiger partial charge on any atom is 0.233 e. The second-order valence-corrected chi connectivity index (χ2v) is 8.99. The van der Waals surface area contributed by atoms with Crippen molar-refractivity contribution in [3.05, 3.63) is 29.8 Å². The van der Waals surface area contributed by atoms with Gasteiger partial charge in [-0.15, -0.1) is 12.6 Å². The number of sulfone groups is 1. The highest BCUT2D eigenvalue weighted by molar-refractivity contribution is 8.15. The van der Waals surface area contributed by atoms with Crippen molar-refractivity contribution in [1.82, 2.24) is 4.98 Å². The highest BCUT2D eigenvalue weighted by Gasteiger charge is 2.24. The maximum absolute atomic E-state index is 12.4. The molecule has 2 rings (SSSR count). The summed E-state index contributed by atoms with van der Waals surface area (Å²) in [6.45, 7) is 3.29. The number of rotatable bonds is 3. The van der Waals surface area contributed by atoms with E-state index in [1.165, 1.54) is 6.92 Å². The van der Waals surface area contributed by atoms with E-state index >= 15 is 0 Å². The van der Waals surface area contributed by atoms with Crippen molar-refractivity contribution in [3.8, 4) is 0 Å². The minimum Gasteiger partial charge on any atom is -0.287 e. The highest BCUT2D eigenvalue weighted by atomic mass is 32.2. The third-order valence-corrected chi connectivity index (χ3v) is 7.15. The van der Waals surface area contributed by atoms with E-state index in [0.717, 1.165) is 28.7 Å². The van der Waals surface area contributed by atoms with Gasteiger partial charge in [0.1, 0.15) is 9.24 Å². The molecule has 0 bridgehead atoms. The van der Waals surface area contributed by atoms with Crippen LogP contribution in [-0.2, 0) is 14.6 Å². The Bertz CT molecular complexity index is 748. The molecule has 1 heterocycles. The Balaban J connectivity index is 2.44. The van der Waals surface area contributed by atoms with Crippen LogP contribution in [0.2, 0.25) is 0 Å². The number of aryl methyl sites for hydroxylation is 1. The van der Waals surface area contributed by atoms with Crippen molar-refractivity contribution >= 4 is 50.7 Å². The Hall–Kier alpha value is -0.830. The van der Waals surface area contributed by atoms with Gasteiger partial charge in [0.2, 0.25) is 14.2 Å². The van der Waals surface area contributed by atoms with Gasteiger partial charge in [0.25, 0.3) is 0 Å². The number of hydrogen-bond acceptors (Lipinski definition) is 7. The van der Waals surface area contributed by atoms with Gasteiger partial charge >= 0.3 is 0 Å². The van der Waals surface area contributed by atoms with Crippen molar-refractivity contribution < 1.29 is 13.2 Å². The fraction of sp³-hybridized carbons (Fsp3) is 0.167. The standard InChI is InChI=1S/C12H11NO3S4/c1-7-3-5-9(6-4-7)20(15,16)12-13-10(17)11(19-12)18-8(2)14/h3-6,17H,1-2H3. The Morgan fingerprint density at radius 3 is 2.45 bits per heavy atom. The van der Waals surface area contributed by atoms with Gasteiger partial charge in [-0.25, -0.2) is 13.4 Å². The molecule has 8 heteroatoms. The van der Waals surface area contributed by atoms with Gasteiger partial charge in [0.15, 0.2) is 5.12 Å². The normalized spacial score (nSPS) is 11.6. The lowest BCUT2D eigenvalue weighted by Gasteiger charge is -2.00. The second-order valence-electron chi connectivity index (χ2n) is 4.00. The molecular formula is C12H11NO3S4. The summed E-state index contributed by atoms with van der Waals surface area (Å²) in [6, 6.07) is 6.55. The molecular weight excluding hydrogens is 334 g/mol.